The van der Waals surface area contributed by atoms with Gasteiger partial charge in [-0.1, -0.05) is 107 Å². The highest BCUT2D eigenvalue weighted by molar-refractivity contribution is 5.85. The van der Waals surface area contributed by atoms with Gasteiger partial charge in [-0.2, -0.15) is 0 Å². The van der Waals surface area contributed by atoms with Crippen LogP contribution in [-0.2, 0) is 28.5 Å². The summed E-state index contributed by atoms with van der Waals surface area (Å²) in [5.74, 6) is 3.76. The zero-order valence-corrected chi connectivity index (χ0v) is 64.9. The lowest BCUT2D eigenvalue weighted by Gasteiger charge is -2.55. The molecule has 8 aliphatic heterocycles. The second-order valence-corrected chi connectivity index (χ2v) is 39.5. The molecule has 107 heavy (non-hydrogen) atoms. The normalized spacial score (nSPS) is 40.7. The van der Waals surface area contributed by atoms with Crippen LogP contribution >= 0.6 is 0 Å². The second kappa shape index (κ2) is 24.4. The molecule has 17 aliphatic rings. The number of carbonyl (C=O) groups excluding carboxylic acids is 1. The van der Waals surface area contributed by atoms with Gasteiger partial charge in [0.15, 0.2) is 0 Å². The molecule has 6 bridgehead atoms. The molecule has 23 rings (SSSR count). The molecule has 6 saturated carbocycles. The number of carbonyl (C=O) groups is 1. The van der Waals surface area contributed by atoms with E-state index >= 15 is 0 Å². The number of pyridine rings is 3. The molecule has 0 N–H and O–H groups in total. The van der Waals surface area contributed by atoms with E-state index in [4.69, 9.17) is 23.7 Å². The number of ether oxygens (including phenoxy) is 5. The van der Waals surface area contributed by atoms with Crippen LogP contribution in [0.15, 0.2) is 180 Å². The van der Waals surface area contributed by atoms with Gasteiger partial charge in [0.1, 0.15) is 5.78 Å². The van der Waals surface area contributed by atoms with Crippen LogP contribution in [0.5, 0.6) is 0 Å². The Labute approximate surface area is 634 Å². The number of benzene rings is 3. The Morgan fingerprint density at radius 1 is 0.411 bits per heavy atom. The minimum atomic E-state index is -0.294. The average Bonchev–Trinajstić information content (AvgIpc) is 1.56. The Balaban J connectivity index is 0.000000103. The van der Waals surface area contributed by atoms with Gasteiger partial charge in [0.05, 0.1) is 60.0 Å². The fraction of sp³-hybridized carbons (Fsp3) is 0.583. The Kier molecular flexibility index (Phi) is 15.6. The minimum absolute atomic E-state index is 0.0451. The van der Waals surface area contributed by atoms with Crippen LogP contribution in [0, 0.1) is 44.8 Å². The molecule has 6 spiro atoms. The smallest absolute Gasteiger partial charge is 0.136 e. The van der Waals surface area contributed by atoms with Crippen molar-refractivity contribution in [3.63, 3.8) is 0 Å². The van der Waals surface area contributed by atoms with Crippen molar-refractivity contribution in [1.82, 2.24) is 24.8 Å². The van der Waals surface area contributed by atoms with E-state index in [1.165, 1.54) is 161 Å². The standard InChI is InChI=1S/2C34H42N2O2.C28H29NO2/c2*1-31(21-37-22-31)20-36(3)28-7-6-26-17-27-10-12-32(2)29(24-5-4-23-11-15-35-19-25(23)16-24)8-9-30(32)34(27)14-13-33(26,18-28)38-34;1-26-10-8-22-15-21-4-5-23(30)16-27(21)11-12-28(22,31-27)25(26)7-6-24(26)19-3-2-18-9-13-29-17-20(18)14-19/h2*4-5,10-11,15-17,19,28-30H,6-9,12-14,18,20-22H2,1-3H3;2-3,8-9,13-15,17,24-25H,4-7,10-12,16H2,1H3/t28-,29?,30+,32+,33+,34?;28-,29?,30-,32-,33-,34?;24?,25-,26-,27-,28?/m011/s1. The summed E-state index contributed by atoms with van der Waals surface area (Å²) in [7, 11) is 4.69. The summed E-state index contributed by atoms with van der Waals surface area (Å²) in [6.45, 7) is 18.3. The van der Waals surface area contributed by atoms with Gasteiger partial charge in [-0.15, -0.1) is 0 Å². The predicted molar refractivity (Wildman–Crippen MR) is 423 cm³/mol. The second-order valence-electron chi connectivity index (χ2n) is 39.5. The van der Waals surface area contributed by atoms with Gasteiger partial charge >= 0.3 is 0 Å². The highest BCUT2D eigenvalue weighted by Gasteiger charge is 2.70. The third-order valence-electron chi connectivity index (χ3n) is 33.3. The molecule has 558 valence electrons. The SMILES string of the molecule is CN(CC1(C)COC1)[C@@H]1CCC2=CC3=CC[C@]4(C)C(c5ccc6ccncc6c5)CC[C@H]4C34CC[C@]2(C1)O4.CN(CC1(C)COC1)[C@H]1CCC2=CC3=CC[C@]4(C)C(c5ccc6ccncc6c5)CC[C@H]4C34CC[C@]2(C1)O4.C[C@]12CC=C3C=C4CCC(=O)C[C@]45CCC3(O5)[C@@H]1CCC2c1ccc2ccncc2c1. The fourth-order valence-corrected chi connectivity index (χ4v) is 27.9. The molecule has 6 unspecified atom stereocenters. The van der Waals surface area contributed by atoms with Crippen molar-refractivity contribution in [2.45, 2.75) is 252 Å². The number of Topliss-reactive ketones (excluding diaryl/α,β-unsaturated/α-hetero) is 1. The van der Waals surface area contributed by atoms with Crippen LogP contribution in [0.25, 0.3) is 32.3 Å². The maximum absolute atomic E-state index is 12.4. The molecule has 5 saturated heterocycles. The number of rotatable bonds is 9. The van der Waals surface area contributed by atoms with Gasteiger partial charge < -0.3 is 33.5 Å². The molecule has 11 heteroatoms. The zero-order valence-electron chi connectivity index (χ0n) is 64.9. The van der Waals surface area contributed by atoms with Crippen molar-refractivity contribution < 1.29 is 28.5 Å². The Morgan fingerprint density at radius 2 is 0.776 bits per heavy atom. The van der Waals surface area contributed by atoms with Crippen molar-refractivity contribution in [2.75, 3.05) is 53.6 Å². The van der Waals surface area contributed by atoms with E-state index in [2.05, 4.69) is 183 Å². The first-order valence-corrected chi connectivity index (χ1v) is 42.1. The van der Waals surface area contributed by atoms with Crippen LogP contribution in [-0.4, -0.2) is 130 Å². The Bertz CT molecular complexity index is 4660. The topological polar surface area (TPSA) is 108 Å². The van der Waals surface area contributed by atoms with Crippen LogP contribution < -0.4 is 0 Å². The van der Waals surface area contributed by atoms with Crippen LogP contribution in [0.4, 0.5) is 0 Å². The molecule has 11 fully saturated rings. The summed E-state index contributed by atoms with van der Waals surface area (Å²) < 4.78 is 33.4. The molecule has 17 atom stereocenters. The molecule has 3 aromatic heterocycles. The van der Waals surface area contributed by atoms with Gasteiger partial charge in [-0.3, -0.25) is 19.7 Å². The summed E-state index contributed by atoms with van der Waals surface area (Å²) >= 11 is 0. The first-order chi connectivity index (χ1) is 51.7. The number of ketones is 1. The minimum Gasteiger partial charge on any atom is -0.380 e. The van der Waals surface area contributed by atoms with Crippen LogP contribution in [0.3, 0.4) is 0 Å². The molecule has 6 aromatic rings. The lowest BCUT2D eigenvalue weighted by molar-refractivity contribution is -0.147. The van der Waals surface area contributed by atoms with Crippen molar-refractivity contribution in [2.24, 2.45) is 44.8 Å². The predicted octanol–water partition coefficient (Wildman–Crippen LogP) is 19.7. The summed E-state index contributed by atoms with van der Waals surface area (Å²) in [5, 5.41) is 7.60. The Hall–Kier alpha value is -6.28. The fourth-order valence-electron chi connectivity index (χ4n) is 27.9. The number of allylic oxidation sites excluding steroid dienone is 3. The van der Waals surface area contributed by atoms with Crippen molar-refractivity contribution >= 4 is 38.1 Å². The van der Waals surface area contributed by atoms with Crippen molar-refractivity contribution in [3.05, 3.63) is 197 Å². The molecule has 0 radical (unpaired) electrons. The maximum atomic E-state index is 12.4. The highest BCUT2D eigenvalue weighted by atomic mass is 16.5. The van der Waals surface area contributed by atoms with Gasteiger partial charge in [0, 0.05) is 102 Å². The van der Waals surface area contributed by atoms with E-state index in [1.807, 2.05) is 37.2 Å². The summed E-state index contributed by atoms with van der Waals surface area (Å²) in [6.07, 6.45) is 54.2. The lowest BCUT2D eigenvalue weighted by atomic mass is 9.58. The lowest BCUT2D eigenvalue weighted by Crippen LogP contribution is -2.56. The molecule has 11 heterocycles. The summed E-state index contributed by atoms with van der Waals surface area (Å²) in [4.78, 5) is 30.8. The monoisotopic (exact) mass is 1430 g/mol. The van der Waals surface area contributed by atoms with E-state index in [-0.39, 0.29) is 49.9 Å². The number of aromatic nitrogens is 3. The van der Waals surface area contributed by atoms with Gasteiger partial charge in [0.2, 0.25) is 0 Å². The van der Waals surface area contributed by atoms with Crippen molar-refractivity contribution in [3.8, 4) is 0 Å². The quantitative estimate of drug-likeness (QED) is 0.138. The molecule has 11 nitrogen and oxygen atoms in total. The number of nitrogens with zero attached hydrogens (tertiary/aromatic N) is 5. The van der Waals surface area contributed by atoms with E-state index in [9.17, 15) is 4.79 Å². The number of hydrogen-bond acceptors (Lipinski definition) is 11. The summed E-state index contributed by atoms with van der Waals surface area (Å²) in [6, 6.07) is 28.7. The van der Waals surface area contributed by atoms with Gasteiger partial charge in [-0.05, 0) is 310 Å². The van der Waals surface area contributed by atoms with Crippen LogP contribution in [0.2, 0.25) is 0 Å². The molecular weight excluding hydrogens is 1320 g/mol. The molecule has 9 aliphatic carbocycles. The van der Waals surface area contributed by atoms with Gasteiger partial charge in [-0.25, -0.2) is 0 Å². The molecule has 3 aromatic carbocycles. The largest absolute Gasteiger partial charge is 0.380 e. The summed E-state index contributed by atoms with van der Waals surface area (Å²) in [5.41, 5.74) is 14.1. The zero-order chi connectivity index (χ0) is 72.4. The van der Waals surface area contributed by atoms with Gasteiger partial charge in [0.25, 0.3) is 0 Å². The third kappa shape index (κ3) is 10.3. The first kappa shape index (κ1) is 68.7. The third-order valence-corrected chi connectivity index (χ3v) is 33.3. The number of fused-ring (bicyclic) bond motifs is 6. The molecule has 0 amide bonds. The first-order valence-electron chi connectivity index (χ1n) is 42.1. The van der Waals surface area contributed by atoms with Crippen LogP contribution in [0.1, 0.15) is 223 Å². The van der Waals surface area contributed by atoms with E-state index in [0.29, 0.717) is 77.0 Å². The van der Waals surface area contributed by atoms with E-state index in [1.54, 1.807) is 11.1 Å². The highest BCUT2D eigenvalue weighted by Crippen LogP contribution is 2.73. The van der Waals surface area contributed by atoms with E-state index < -0.39 is 0 Å². The maximum Gasteiger partial charge on any atom is 0.136 e. The molecular formula is C96H113N5O6. The van der Waals surface area contributed by atoms with Crippen molar-refractivity contribution in [1.29, 1.82) is 0 Å². The van der Waals surface area contributed by atoms with E-state index in [0.717, 1.165) is 90.9 Å². The number of hydrogen-bond donors (Lipinski definition) is 0. The Morgan fingerprint density at radius 3 is 1.15 bits per heavy atom. The average molecular weight is 1430 g/mol.